The van der Waals surface area contributed by atoms with Crippen molar-refractivity contribution in [1.29, 1.82) is 0 Å². The number of benzene rings is 1. The van der Waals surface area contributed by atoms with E-state index in [0.29, 0.717) is 13.1 Å². The lowest BCUT2D eigenvalue weighted by Crippen LogP contribution is -2.36. The summed E-state index contributed by atoms with van der Waals surface area (Å²) in [5, 5.41) is 0. The standard InChI is InChI=1S/C19H25NO4/c1-19(2,3)24-18(22)20-11-5-6-15-12-14(7-9-16(15)13-20)8-10-17(21)23-4/h7-10,12H,5-6,11,13H2,1-4H3/b10-8+. The van der Waals surface area contributed by atoms with Crippen LogP contribution < -0.4 is 0 Å². The number of amides is 1. The van der Waals surface area contributed by atoms with Gasteiger partial charge in [0.15, 0.2) is 0 Å². The highest BCUT2D eigenvalue weighted by Gasteiger charge is 2.24. The van der Waals surface area contributed by atoms with Crippen molar-refractivity contribution in [3.05, 3.63) is 41.0 Å². The molecule has 130 valence electrons. The van der Waals surface area contributed by atoms with Crippen molar-refractivity contribution in [2.45, 2.75) is 45.8 Å². The lowest BCUT2D eigenvalue weighted by atomic mass is 10.0. The van der Waals surface area contributed by atoms with Gasteiger partial charge in [-0.05, 0) is 56.4 Å². The van der Waals surface area contributed by atoms with Crippen LogP contribution in [0.3, 0.4) is 0 Å². The minimum atomic E-state index is -0.491. The summed E-state index contributed by atoms with van der Waals surface area (Å²) in [6.07, 6.45) is 4.66. The average Bonchev–Trinajstić information content (AvgIpc) is 2.72. The van der Waals surface area contributed by atoms with Crippen LogP contribution in [0, 0.1) is 0 Å². The summed E-state index contributed by atoms with van der Waals surface area (Å²) in [5.41, 5.74) is 2.78. The number of fused-ring (bicyclic) bond motifs is 1. The van der Waals surface area contributed by atoms with Crippen molar-refractivity contribution in [3.63, 3.8) is 0 Å². The maximum atomic E-state index is 12.3. The second-order valence-corrected chi connectivity index (χ2v) is 6.89. The number of hydrogen-bond donors (Lipinski definition) is 0. The molecule has 0 fully saturated rings. The van der Waals surface area contributed by atoms with Crippen molar-refractivity contribution >= 4 is 18.1 Å². The number of carbonyl (C=O) groups is 2. The van der Waals surface area contributed by atoms with Crippen LogP contribution in [0.1, 0.15) is 43.9 Å². The number of rotatable bonds is 2. The van der Waals surface area contributed by atoms with E-state index in [9.17, 15) is 9.59 Å². The first kappa shape index (κ1) is 18.0. The molecule has 0 aromatic heterocycles. The van der Waals surface area contributed by atoms with E-state index in [1.807, 2.05) is 32.9 Å². The summed E-state index contributed by atoms with van der Waals surface area (Å²) in [5.74, 6) is -0.374. The van der Waals surface area contributed by atoms with Crippen LogP contribution in [0.4, 0.5) is 4.79 Å². The normalized spacial score (nSPS) is 14.9. The van der Waals surface area contributed by atoms with Gasteiger partial charge in [-0.15, -0.1) is 0 Å². The number of nitrogens with zero attached hydrogens (tertiary/aromatic N) is 1. The van der Waals surface area contributed by atoms with E-state index in [-0.39, 0.29) is 12.1 Å². The third-order valence-corrected chi connectivity index (χ3v) is 3.73. The van der Waals surface area contributed by atoms with E-state index < -0.39 is 5.60 Å². The molecule has 1 amide bonds. The van der Waals surface area contributed by atoms with Gasteiger partial charge in [-0.25, -0.2) is 9.59 Å². The zero-order valence-electron chi connectivity index (χ0n) is 14.8. The largest absolute Gasteiger partial charge is 0.466 e. The van der Waals surface area contributed by atoms with Gasteiger partial charge in [0.05, 0.1) is 7.11 Å². The molecule has 1 aliphatic heterocycles. The van der Waals surface area contributed by atoms with E-state index in [0.717, 1.165) is 24.0 Å². The van der Waals surface area contributed by atoms with Gasteiger partial charge in [0.2, 0.25) is 0 Å². The molecule has 2 rings (SSSR count). The molecule has 0 unspecified atom stereocenters. The molecule has 5 heteroatoms. The zero-order valence-corrected chi connectivity index (χ0v) is 14.8. The molecule has 0 bridgehead atoms. The van der Waals surface area contributed by atoms with Gasteiger partial charge < -0.3 is 14.4 Å². The first-order valence-corrected chi connectivity index (χ1v) is 8.14. The molecule has 0 aliphatic carbocycles. The Bertz CT molecular complexity index is 643. The SMILES string of the molecule is COC(=O)/C=C/c1ccc2c(c1)CCCN(C(=O)OC(C)(C)C)C2. The zero-order chi connectivity index (χ0) is 17.7. The Balaban J connectivity index is 2.13. The van der Waals surface area contributed by atoms with E-state index in [2.05, 4.69) is 10.8 Å². The van der Waals surface area contributed by atoms with E-state index in [1.165, 1.54) is 18.7 Å². The van der Waals surface area contributed by atoms with E-state index >= 15 is 0 Å². The Hall–Kier alpha value is -2.30. The Labute approximate surface area is 143 Å². The van der Waals surface area contributed by atoms with Crippen LogP contribution in [0.5, 0.6) is 0 Å². The Morgan fingerprint density at radius 1 is 1.21 bits per heavy atom. The van der Waals surface area contributed by atoms with Crippen LogP contribution in [0.15, 0.2) is 24.3 Å². The quantitative estimate of drug-likeness (QED) is 0.614. The van der Waals surface area contributed by atoms with Crippen molar-refractivity contribution in [3.8, 4) is 0 Å². The lowest BCUT2D eigenvalue weighted by molar-refractivity contribution is -0.134. The molecule has 0 saturated heterocycles. The van der Waals surface area contributed by atoms with Crippen LogP contribution >= 0.6 is 0 Å². The Morgan fingerprint density at radius 2 is 1.96 bits per heavy atom. The molecule has 0 radical (unpaired) electrons. The van der Waals surface area contributed by atoms with Crippen LogP contribution in [-0.2, 0) is 27.2 Å². The molecule has 5 nitrogen and oxygen atoms in total. The number of methoxy groups -OCH3 is 1. The Morgan fingerprint density at radius 3 is 2.62 bits per heavy atom. The third-order valence-electron chi connectivity index (χ3n) is 3.73. The topological polar surface area (TPSA) is 55.8 Å². The summed E-state index contributed by atoms with van der Waals surface area (Å²) in [6.45, 7) is 6.84. The summed E-state index contributed by atoms with van der Waals surface area (Å²) in [4.78, 5) is 25.2. The maximum Gasteiger partial charge on any atom is 0.410 e. The Kier molecular flexibility index (Phi) is 5.65. The van der Waals surface area contributed by atoms with Crippen molar-refractivity contribution < 1.29 is 19.1 Å². The number of carbonyl (C=O) groups excluding carboxylic acids is 2. The van der Waals surface area contributed by atoms with Crippen LogP contribution in [0.25, 0.3) is 6.08 Å². The van der Waals surface area contributed by atoms with Crippen molar-refractivity contribution in [2.75, 3.05) is 13.7 Å². The molecule has 0 atom stereocenters. The van der Waals surface area contributed by atoms with E-state index in [4.69, 9.17) is 4.74 Å². The molecular weight excluding hydrogens is 306 g/mol. The molecule has 1 aromatic carbocycles. The van der Waals surface area contributed by atoms with Gasteiger partial charge in [0.25, 0.3) is 0 Å². The fraction of sp³-hybridized carbons (Fsp3) is 0.474. The predicted octanol–water partition coefficient (Wildman–Crippen LogP) is 3.56. The summed E-state index contributed by atoms with van der Waals surface area (Å²) in [6, 6.07) is 6.01. The molecular formula is C19H25NO4. The van der Waals surface area contributed by atoms with Crippen LogP contribution in [0.2, 0.25) is 0 Å². The number of ether oxygens (including phenoxy) is 2. The third kappa shape index (κ3) is 5.11. The molecule has 1 aromatic rings. The molecule has 0 spiro atoms. The monoisotopic (exact) mass is 331 g/mol. The molecule has 1 aliphatic rings. The smallest absolute Gasteiger partial charge is 0.410 e. The highest BCUT2D eigenvalue weighted by Crippen LogP contribution is 2.22. The number of hydrogen-bond acceptors (Lipinski definition) is 4. The highest BCUT2D eigenvalue weighted by molar-refractivity contribution is 5.86. The first-order chi connectivity index (χ1) is 11.3. The van der Waals surface area contributed by atoms with Gasteiger partial charge in [-0.3, -0.25) is 0 Å². The minimum Gasteiger partial charge on any atom is -0.466 e. The van der Waals surface area contributed by atoms with Gasteiger partial charge in [0.1, 0.15) is 5.60 Å². The fourth-order valence-corrected chi connectivity index (χ4v) is 2.60. The summed E-state index contributed by atoms with van der Waals surface area (Å²) >= 11 is 0. The van der Waals surface area contributed by atoms with Gasteiger partial charge in [0, 0.05) is 19.2 Å². The van der Waals surface area contributed by atoms with Gasteiger partial charge >= 0.3 is 12.1 Å². The predicted molar refractivity (Wildman–Crippen MR) is 92.5 cm³/mol. The number of aryl methyl sites for hydroxylation is 1. The highest BCUT2D eigenvalue weighted by atomic mass is 16.6. The van der Waals surface area contributed by atoms with Crippen molar-refractivity contribution in [2.24, 2.45) is 0 Å². The van der Waals surface area contributed by atoms with Gasteiger partial charge in [-0.1, -0.05) is 18.2 Å². The molecule has 0 N–H and O–H groups in total. The average molecular weight is 331 g/mol. The fourth-order valence-electron chi connectivity index (χ4n) is 2.60. The molecule has 1 heterocycles. The van der Waals surface area contributed by atoms with Crippen molar-refractivity contribution in [1.82, 2.24) is 4.90 Å². The minimum absolute atomic E-state index is 0.273. The molecule has 24 heavy (non-hydrogen) atoms. The van der Waals surface area contributed by atoms with Gasteiger partial charge in [-0.2, -0.15) is 0 Å². The second-order valence-electron chi connectivity index (χ2n) is 6.89. The molecule has 0 saturated carbocycles. The summed E-state index contributed by atoms with van der Waals surface area (Å²) < 4.78 is 10.1. The van der Waals surface area contributed by atoms with Crippen LogP contribution in [-0.4, -0.2) is 36.2 Å². The first-order valence-electron chi connectivity index (χ1n) is 8.14. The summed E-state index contributed by atoms with van der Waals surface area (Å²) in [7, 11) is 1.36. The lowest BCUT2D eigenvalue weighted by Gasteiger charge is -2.26. The van der Waals surface area contributed by atoms with E-state index in [1.54, 1.807) is 11.0 Å². The number of esters is 1. The second kappa shape index (κ2) is 7.51. The maximum absolute atomic E-state index is 12.3.